The smallest absolute Gasteiger partial charge is 0.241 e. The molecule has 0 spiro atoms. The quantitative estimate of drug-likeness (QED) is 0.500. The van der Waals surface area contributed by atoms with E-state index in [9.17, 15) is 18.0 Å². The first-order valence-corrected chi connectivity index (χ1v) is 9.94. The van der Waals surface area contributed by atoms with E-state index in [0.29, 0.717) is 18.0 Å². The molecule has 0 aliphatic rings. The molecule has 0 heterocycles. The number of amides is 2. The summed E-state index contributed by atoms with van der Waals surface area (Å²) in [6, 6.07) is 4.53. The van der Waals surface area contributed by atoms with Gasteiger partial charge in [-0.25, -0.2) is 8.42 Å². The van der Waals surface area contributed by atoms with Gasteiger partial charge in [0.25, 0.3) is 0 Å². The Kier molecular flexibility index (Phi) is 8.19. The van der Waals surface area contributed by atoms with Gasteiger partial charge in [-0.05, 0) is 43.5 Å². The van der Waals surface area contributed by atoms with E-state index in [2.05, 4.69) is 15.4 Å². The van der Waals surface area contributed by atoms with Gasteiger partial charge in [0, 0.05) is 25.2 Å². The second-order valence-corrected chi connectivity index (χ2v) is 8.33. The highest BCUT2D eigenvalue weighted by molar-refractivity contribution is 7.89. The molecule has 0 fully saturated rings. The van der Waals surface area contributed by atoms with E-state index in [1.807, 2.05) is 13.8 Å². The zero-order valence-corrected chi connectivity index (χ0v) is 16.4. The second kappa shape index (κ2) is 9.65. The van der Waals surface area contributed by atoms with E-state index in [1.165, 1.54) is 38.1 Å². The van der Waals surface area contributed by atoms with Crippen molar-refractivity contribution >= 4 is 27.5 Å². The number of carbonyl (C=O) groups excluding carboxylic acids is 2. The molecule has 146 valence electrons. The van der Waals surface area contributed by atoms with Gasteiger partial charge in [-0.2, -0.15) is 4.72 Å². The third-order valence-corrected chi connectivity index (χ3v) is 5.15. The molecule has 26 heavy (non-hydrogen) atoms. The number of anilines is 1. The van der Waals surface area contributed by atoms with Crippen molar-refractivity contribution in [3.8, 4) is 0 Å². The molecule has 2 atom stereocenters. The van der Waals surface area contributed by atoms with Gasteiger partial charge < -0.3 is 16.4 Å². The number of nitrogens with one attached hydrogen (secondary N) is 3. The van der Waals surface area contributed by atoms with Crippen molar-refractivity contribution in [2.24, 2.45) is 11.7 Å². The molecule has 0 saturated heterocycles. The van der Waals surface area contributed by atoms with Gasteiger partial charge in [-0.1, -0.05) is 13.8 Å². The van der Waals surface area contributed by atoms with Gasteiger partial charge >= 0.3 is 0 Å². The Labute approximate surface area is 155 Å². The molecular formula is C17H28N4O4S. The van der Waals surface area contributed by atoms with Crippen LogP contribution in [-0.2, 0) is 19.6 Å². The van der Waals surface area contributed by atoms with Crippen LogP contribution in [0.1, 0.15) is 34.1 Å². The molecule has 0 bridgehead atoms. The lowest BCUT2D eigenvalue weighted by Gasteiger charge is -2.21. The van der Waals surface area contributed by atoms with Crippen molar-refractivity contribution in [3.63, 3.8) is 0 Å². The van der Waals surface area contributed by atoms with E-state index in [4.69, 9.17) is 5.73 Å². The third kappa shape index (κ3) is 7.11. The van der Waals surface area contributed by atoms with Crippen LogP contribution in [0.25, 0.3) is 0 Å². The molecule has 5 N–H and O–H groups in total. The van der Waals surface area contributed by atoms with E-state index in [-0.39, 0.29) is 23.4 Å². The minimum absolute atomic E-state index is 0.00353. The fourth-order valence-corrected chi connectivity index (χ4v) is 3.59. The molecule has 2 unspecified atom stereocenters. The van der Waals surface area contributed by atoms with Crippen LogP contribution in [0.5, 0.6) is 0 Å². The van der Waals surface area contributed by atoms with Crippen LogP contribution in [0.4, 0.5) is 5.69 Å². The Bertz CT molecular complexity index is 717. The molecule has 1 aromatic carbocycles. The molecule has 1 rings (SSSR count). The van der Waals surface area contributed by atoms with E-state index in [1.54, 1.807) is 0 Å². The summed E-state index contributed by atoms with van der Waals surface area (Å²) < 4.78 is 27.2. The lowest BCUT2D eigenvalue weighted by Crippen LogP contribution is -2.50. The minimum Gasteiger partial charge on any atom is -0.351 e. The highest BCUT2D eigenvalue weighted by Gasteiger charge is 2.23. The maximum Gasteiger partial charge on any atom is 0.241 e. The highest BCUT2D eigenvalue weighted by atomic mass is 32.2. The largest absolute Gasteiger partial charge is 0.351 e. The fraction of sp³-hybridized carbons (Fsp3) is 0.529. The van der Waals surface area contributed by atoms with Crippen LogP contribution >= 0.6 is 0 Å². The molecule has 0 aliphatic carbocycles. The summed E-state index contributed by atoms with van der Waals surface area (Å²) in [4.78, 5) is 23.2. The zero-order valence-electron chi connectivity index (χ0n) is 15.6. The van der Waals surface area contributed by atoms with E-state index >= 15 is 0 Å². The summed E-state index contributed by atoms with van der Waals surface area (Å²) in [6.07, 6.45) is 0.715. The number of carbonyl (C=O) groups is 2. The van der Waals surface area contributed by atoms with E-state index in [0.717, 1.165) is 0 Å². The van der Waals surface area contributed by atoms with Gasteiger partial charge in [-0.3, -0.25) is 9.59 Å². The van der Waals surface area contributed by atoms with Crippen molar-refractivity contribution in [1.82, 2.24) is 10.0 Å². The van der Waals surface area contributed by atoms with Gasteiger partial charge in [0.15, 0.2) is 0 Å². The first kappa shape index (κ1) is 22.1. The van der Waals surface area contributed by atoms with Crippen molar-refractivity contribution < 1.29 is 18.0 Å². The number of sulfonamides is 1. The Morgan fingerprint density at radius 2 is 1.69 bits per heavy atom. The highest BCUT2D eigenvalue weighted by Crippen LogP contribution is 2.14. The first-order chi connectivity index (χ1) is 12.0. The fourth-order valence-electron chi connectivity index (χ4n) is 2.38. The first-order valence-electron chi connectivity index (χ1n) is 8.45. The Hall–Kier alpha value is -1.97. The summed E-state index contributed by atoms with van der Waals surface area (Å²) in [5.74, 6) is -0.322. The number of nitrogens with two attached hydrogens (primary N) is 1. The molecular weight excluding hydrogens is 356 g/mol. The van der Waals surface area contributed by atoms with Crippen LogP contribution < -0.4 is 21.1 Å². The van der Waals surface area contributed by atoms with Crippen molar-refractivity contribution in [3.05, 3.63) is 24.3 Å². The molecule has 2 amide bonds. The molecule has 1 aromatic rings. The summed E-state index contributed by atoms with van der Waals surface area (Å²) >= 11 is 0. The Morgan fingerprint density at radius 1 is 1.12 bits per heavy atom. The van der Waals surface area contributed by atoms with Crippen molar-refractivity contribution in [1.29, 1.82) is 0 Å². The number of benzene rings is 1. The van der Waals surface area contributed by atoms with Gasteiger partial charge in [0.1, 0.15) is 0 Å². The Balaban J connectivity index is 2.75. The predicted octanol–water partition coefficient (Wildman–Crippen LogP) is 0.801. The van der Waals surface area contributed by atoms with Crippen molar-refractivity contribution in [2.45, 2.75) is 51.1 Å². The molecule has 9 heteroatoms. The number of rotatable bonds is 9. The maximum atomic E-state index is 12.4. The standard InChI is InChI=1S/C17H28N4O4S/c1-11(2)9-15(10-18)20-17(23)12(3)21-26(24,25)16-7-5-14(6-8-16)19-13(4)22/h5-8,11-12,15,21H,9-10,18H2,1-4H3,(H,19,22)(H,20,23). The van der Waals surface area contributed by atoms with Crippen LogP contribution in [0, 0.1) is 5.92 Å². The lowest BCUT2D eigenvalue weighted by atomic mass is 10.0. The topological polar surface area (TPSA) is 130 Å². The summed E-state index contributed by atoms with van der Waals surface area (Å²) in [6.45, 7) is 7.16. The average Bonchev–Trinajstić information content (AvgIpc) is 2.53. The molecule has 0 aliphatic heterocycles. The normalized spacial score (nSPS) is 13.9. The average molecular weight is 385 g/mol. The van der Waals surface area contributed by atoms with Crippen LogP contribution in [0.3, 0.4) is 0 Å². The minimum atomic E-state index is -3.87. The zero-order chi connectivity index (χ0) is 19.9. The van der Waals surface area contributed by atoms with Crippen molar-refractivity contribution in [2.75, 3.05) is 11.9 Å². The van der Waals surface area contributed by atoms with Gasteiger partial charge in [0.2, 0.25) is 21.8 Å². The van der Waals surface area contributed by atoms with Crippen LogP contribution in [-0.4, -0.2) is 38.9 Å². The summed E-state index contributed by atoms with van der Waals surface area (Å²) in [7, 11) is -3.87. The summed E-state index contributed by atoms with van der Waals surface area (Å²) in [5, 5.41) is 5.32. The molecule has 0 radical (unpaired) electrons. The predicted molar refractivity (Wildman–Crippen MR) is 101 cm³/mol. The molecule has 0 aromatic heterocycles. The monoisotopic (exact) mass is 384 g/mol. The van der Waals surface area contributed by atoms with Gasteiger partial charge in [0.05, 0.1) is 10.9 Å². The third-order valence-electron chi connectivity index (χ3n) is 3.60. The maximum absolute atomic E-state index is 12.4. The van der Waals surface area contributed by atoms with Crippen LogP contribution in [0.2, 0.25) is 0 Å². The number of hydrogen-bond donors (Lipinski definition) is 4. The second-order valence-electron chi connectivity index (χ2n) is 6.62. The lowest BCUT2D eigenvalue weighted by molar-refractivity contribution is -0.123. The Morgan fingerprint density at radius 3 is 2.15 bits per heavy atom. The van der Waals surface area contributed by atoms with Crippen LogP contribution in [0.15, 0.2) is 29.2 Å². The SMILES string of the molecule is CC(=O)Nc1ccc(S(=O)(=O)NC(C)C(=O)NC(CN)CC(C)C)cc1. The van der Waals surface area contributed by atoms with Gasteiger partial charge in [-0.15, -0.1) is 0 Å². The summed E-state index contributed by atoms with van der Waals surface area (Å²) in [5.41, 5.74) is 6.14. The van der Waals surface area contributed by atoms with E-state index < -0.39 is 22.0 Å². The molecule has 0 saturated carbocycles. The molecule has 8 nitrogen and oxygen atoms in total. The number of hydrogen-bond acceptors (Lipinski definition) is 5.